The molecule has 3 aromatic rings. The molecule has 0 bridgehead atoms. The number of fused-ring (bicyclic) bond motifs is 1. The highest BCUT2D eigenvalue weighted by Gasteiger charge is 2.15. The van der Waals surface area contributed by atoms with Crippen LogP contribution < -0.4 is 0 Å². The van der Waals surface area contributed by atoms with Crippen molar-refractivity contribution in [2.45, 2.75) is 6.92 Å². The van der Waals surface area contributed by atoms with Gasteiger partial charge in [-0.25, -0.2) is 14.8 Å². The van der Waals surface area contributed by atoms with Gasteiger partial charge in [-0.2, -0.15) is 0 Å². The quantitative estimate of drug-likeness (QED) is 0.692. The van der Waals surface area contributed by atoms with Crippen molar-refractivity contribution in [3.63, 3.8) is 0 Å². The van der Waals surface area contributed by atoms with Crippen molar-refractivity contribution in [1.29, 1.82) is 0 Å². The highest BCUT2D eigenvalue weighted by atomic mass is 32.1. The first-order valence-corrected chi connectivity index (χ1v) is 7.46. The third-order valence-electron chi connectivity index (χ3n) is 2.47. The maximum absolute atomic E-state index is 11.6. The topological polar surface area (TPSA) is 52.1 Å². The van der Waals surface area contributed by atoms with Gasteiger partial charge in [-0.05, 0) is 19.1 Å². The Morgan fingerprint density at radius 3 is 2.95 bits per heavy atom. The summed E-state index contributed by atoms with van der Waals surface area (Å²) in [6.07, 6.45) is 0. The molecule has 2 heterocycles. The average Bonchev–Trinajstić information content (AvgIpc) is 3.05. The Bertz CT molecular complexity index is 700. The average molecular weight is 290 g/mol. The molecule has 0 amide bonds. The molecule has 96 valence electrons. The molecule has 3 rings (SSSR count). The molecule has 19 heavy (non-hydrogen) atoms. The summed E-state index contributed by atoms with van der Waals surface area (Å²) >= 11 is 2.85. The van der Waals surface area contributed by atoms with Crippen LogP contribution in [-0.2, 0) is 4.74 Å². The Morgan fingerprint density at radius 1 is 1.32 bits per heavy atom. The third-order valence-corrected chi connectivity index (χ3v) is 4.35. The number of carbonyl (C=O) groups excluding carboxylic acids is 1. The molecule has 0 radical (unpaired) electrons. The molecular formula is C13H10N2O2S2. The normalized spacial score (nSPS) is 10.8. The van der Waals surface area contributed by atoms with Crippen LogP contribution in [0.4, 0.5) is 0 Å². The Balaban J connectivity index is 1.96. The first-order chi connectivity index (χ1) is 9.28. The van der Waals surface area contributed by atoms with Gasteiger partial charge in [0.15, 0.2) is 0 Å². The number of rotatable bonds is 3. The van der Waals surface area contributed by atoms with Crippen molar-refractivity contribution >= 4 is 38.9 Å². The van der Waals surface area contributed by atoms with E-state index in [-0.39, 0.29) is 5.97 Å². The molecule has 0 saturated carbocycles. The zero-order chi connectivity index (χ0) is 13.2. The molecule has 0 atom stereocenters. The number of benzene rings is 1. The lowest BCUT2D eigenvalue weighted by molar-refractivity contribution is 0.0526. The highest BCUT2D eigenvalue weighted by molar-refractivity contribution is 7.22. The van der Waals surface area contributed by atoms with E-state index >= 15 is 0 Å². The molecule has 0 aliphatic heterocycles. The maximum atomic E-state index is 11.6. The molecule has 0 N–H and O–H groups in total. The number of hydrogen-bond donors (Lipinski definition) is 0. The lowest BCUT2D eigenvalue weighted by Crippen LogP contribution is -2.03. The fourth-order valence-corrected chi connectivity index (χ4v) is 3.34. The van der Waals surface area contributed by atoms with Crippen molar-refractivity contribution in [3.05, 3.63) is 34.7 Å². The molecule has 0 spiro atoms. The number of esters is 1. The van der Waals surface area contributed by atoms with Crippen molar-refractivity contribution in [1.82, 2.24) is 9.97 Å². The summed E-state index contributed by atoms with van der Waals surface area (Å²) < 4.78 is 6.04. The van der Waals surface area contributed by atoms with E-state index in [0.717, 1.165) is 20.9 Å². The predicted molar refractivity (Wildman–Crippen MR) is 76.7 cm³/mol. The molecule has 0 unspecified atom stereocenters. The summed E-state index contributed by atoms with van der Waals surface area (Å²) in [5, 5.41) is 3.04. The van der Waals surface area contributed by atoms with Gasteiger partial charge < -0.3 is 4.74 Å². The van der Waals surface area contributed by atoms with Gasteiger partial charge in [-0.3, -0.25) is 0 Å². The van der Waals surface area contributed by atoms with Gasteiger partial charge in [0.25, 0.3) is 0 Å². The van der Waals surface area contributed by atoms with E-state index in [0.29, 0.717) is 11.6 Å². The summed E-state index contributed by atoms with van der Waals surface area (Å²) in [7, 11) is 0. The minimum Gasteiger partial charge on any atom is -0.461 e. The number of nitrogens with zero attached hydrogens (tertiary/aromatic N) is 2. The zero-order valence-corrected chi connectivity index (χ0v) is 11.8. The summed E-state index contributed by atoms with van der Waals surface area (Å²) in [6.45, 7) is 2.13. The largest absolute Gasteiger partial charge is 0.461 e. The minimum absolute atomic E-state index is 0.356. The Morgan fingerprint density at radius 2 is 2.16 bits per heavy atom. The summed E-state index contributed by atoms with van der Waals surface area (Å²) in [4.78, 5) is 20.4. The number of thiazole rings is 2. The van der Waals surface area contributed by atoms with E-state index in [1.807, 2.05) is 29.6 Å². The number of ether oxygens (including phenoxy) is 1. The van der Waals surface area contributed by atoms with E-state index in [1.54, 1.807) is 18.3 Å². The van der Waals surface area contributed by atoms with E-state index in [9.17, 15) is 4.79 Å². The molecule has 0 aliphatic carbocycles. The zero-order valence-electron chi connectivity index (χ0n) is 10.1. The van der Waals surface area contributed by atoms with E-state index in [4.69, 9.17) is 4.74 Å². The van der Waals surface area contributed by atoms with E-state index in [2.05, 4.69) is 9.97 Å². The van der Waals surface area contributed by atoms with Crippen LogP contribution in [0.5, 0.6) is 0 Å². The summed E-state index contributed by atoms with van der Waals surface area (Å²) in [5.74, 6) is -0.375. The summed E-state index contributed by atoms with van der Waals surface area (Å²) in [6, 6.07) is 7.93. The molecule has 0 aliphatic rings. The number of para-hydroxylation sites is 1. The first-order valence-electron chi connectivity index (χ1n) is 5.76. The van der Waals surface area contributed by atoms with Crippen LogP contribution in [0.15, 0.2) is 29.6 Å². The smallest absolute Gasteiger partial charge is 0.367 e. The molecule has 0 saturated heterocycles. The Labute approximate surface area is 117 Å². The molecular weight excluding hydrogens is 280 g/mol. The van der Waals surface area contributed by atoms with Gasteiger partial charge in [0.1, 0.15) is 10.7 Å². The second kappa shape index (κ2) is 5.07. The van der Waals surface area contributed by atoms with Gasteiger partial charge >= 0.3 is 5.97 Å². The fraction of sp³-hybridized carbons (Fsp3) is 0.154. The molecule has 0 fully saturated rings. The van der Waals surface area contributed by atoms with Crippen LogP contribution in [0.3, 0.4) is 0 Å². The standard InChI is InChI=1S/C13H10N2O2S2/c1-2-17-13(16)12-15-9(7-18-12)11-14-8-5-3-4-6-10(8)19-11/h3-7H,2H2,1H3. The van der Waals surface area contributed by atoms with Crippen LogP contribution in [0.1, 0.15) is 16.7 Å². The number of hydrogen-bond acceptors (Lipinski definition) is 6. The second-order valence-corrected chi connectivity index (χ2v) is 5.63. The summed E-state index contributed by atoms with van der Waals surface area (Å²) in [5.41, 5.74) is 1.68. The van der Waals surface area contributed by atoms with Crippen LogP contribution in [0.2, 0.25) is 0 Å². The first kappa shape index (κ1) is 12.3. The molecule has 4 nitrogen and oxygen atoms in total. The van der Waals surface area contributed by atoms with Gasteiger partial charge in [0, 0.05) is 5.38 Å². The van der Waals surface area contributed by atoms with Crippen LogP contribution >= 0.6 is 22.7 Å². The van der Waals surface area contributed by atoms with Crippen molar-refractivity contribution in [3.8, 4) is 10.7 Å². The molecule has 1 aromatic carbocycles. The molecule has 6 heteroatoms. The van der Waals surface area contributed by atoms with Crippen molar-refractivity contribution < 1.29 is 9.53 Å². The van der Waals surface area contributed by atoms with Gasteiger partial charge in [-0.1, -0.05) is 12.1 Å². The SMILES string of the molecule is CCOC(=O)c1nc(-c2nc3ccccc3s2)cs1. The fourth-order valence-electron chi connectivity index (χ4n) is 1.64. The van der Waals surface area contributed by atoms with Crippen LogP contribution in [0.25, 0.3) is 20.9 Å². The monoisotopic (exact) mass is 290 g/mol. The van der Waals surface area contributed by atoms with Gasteiger partial charge in [-0.15, -0.1) is 22.7 Å². The van der Waals surface area contributed by atoms with Crippen molar-refractivity contribution in [2.75, 3.05) is 6.61 Å². The van der Waals surface area contributed by atoms with Crippen molar-refractivity contribution in [2.24, 2.45) is 0 Å². The predicted octanol–water partition coefficient (Wildman–Crippen LogP) is 3.60. The maximum Gasteiger partial charge on any atom is 0.367 e. The van der Waals surface area contributed by atoms with E-state index in [1.165, 1.54) is 11.3 Å². The third kappa shape index (κ3) is 2.36. The minimum atomic E-state index is -0.375. The van der Waals surface area contributed by atoms with E-state index < -0.39 is 0 Å². The second-order valence-electron chi connectivity index (χ2n) is 3.75. The van der Waals surface area contributed by atoms with Crippen LogP contribution in [0, 0.1) is 0 Å². The van der Waals surface area contributed by atoms with Gasteiger partial charge in [0.2, 0.25) is 5.01 Å². The Kier molecular flexibility index (Phi) is 3.27. The lowest BCUT2D eigenvalue weighted by Gasteiger charge is -1.95. The van der Waals surface area contributed by atoms with Gasteiger partial charge in [0.05, 0.1) is 16.8 Å². The molecule has 2 aromatic heterocycles. The Hall–Kier alpha value is -1.79. The number of carbonyl (C=O) groups is 1. The lowest BCUT2D eigenvalue weighted by atomic mass is 10.3. The van der Waals surface area contributed by atoms with Crippen LogP contribution in [-0.4, -0.2) is 22.5 Å². The highest BCUT2D eigenvalue weighted by Crippen LogP contribution is 2.30. The number of aromatic nitrogens is 2.